The summed E-state index contributed by atoms with van der Waals surface area (Å²) in [6.45, 7) is 6.82. The summed E-state index contributed by atoms with van der Waals surface area (Å²) in [6.07, 6.45) is 3.96. The van der Waals surface area contributed by atoms with Crippen molar-refractivity contribution in [1.29, 1.82) is 0 Å². The van der Waals surface area contributed by atoms with Gasteiger partial charge in [-0.3, -0.25) is 4.79 Å². The van der Waals surface area contributed by atoms with Crippen LogP contribution >= 0.6 is 0 Å². The van der Waals surface area contributed by atoms with Crippen LogP contribution in [0.4, 0.5) is 0 Å². The number of carbonyl (C=O) groups excluding carboxylic acids is 1. The predicted octanol–water partition coefficient (Wildman–Crippen LogP) is 2.60. The number of nitrogens with zero attached hydrogens (tertiary/aromatic N) is 2. The number of aliphatic hydroxyl groups is 1. The molecule has 1 unspecified atom stereocenters. The van der Waals surface area contributed by atoms with Gasteiger partial charge in [0, 0.05) is 36.2 Å². The Morgan fingerprint density at radius 2 is 2.15 bits per heavy atom. The van der Waals surface area contributed by atoms with E-state index in [-0.39, 0.29) is 11.8 Å². The van der Waals surface area contributed by atoms with E-state index in [4.69, 9.17) is 0 Å². The van der Waals surface area contributed by atoms with Crippen molar-refractivity contribution in [1.82, 2.24) is 14.8 Å². The summed E-state index contributed by atoms with van der Waals surface area (Å²) in [7, 11) is 2.14. The molecule has 2 N–H and O–H groups in total. The Morgan fingerprint density at radius 3 is 2.81 bits per heavy atom. The molecular formula is C22H31N3O2. The van der Waals surface area contributed by atoms with Crippen LogP contribution < -0.4 is 5.32 Å². The van der Waals surface area contributed by atoms with Gasteiger partial charge < -0.3 is 19.9 Å². The first kappa shape index (κ1) is 18.5. The van der Waals surface area contributed by atoms with Crippen LogP contribution in [0.5, 0.6) is 0 Å². The molecule has 1 saturated carbocycles. The van der Waals surface area contributed by atoms with E-state index in [2.05, 4.69) is 47.0 Å². The summed E-state index contributed by atoms with van der Waals surface area (Å²) in [4.78, 5) is 15.2. The van der Waals surface area contributed by atoms with Crippen molar-refractivity contribution in [2.75, 3.05) is 20.1 Å². The number of fused-ring (bicyclic) bond motifs is 3. The van der Waals surface area contributed by atoms with E-state index < -0.39 is 5.60 Å². The molecule has 1 aliphatic carbocycles. The first-order valence-electron chi connectivity index (χ1n) is 10.2. The smallest absolute Gasteiger partial charge is 0.254 e. The van der Waals surface area contributed by atoms with E-state index in [1.807, 2.05) is 6.92 Å². The van der Waals surface area contributed by atoms with E-state index in [1.54, 1.807) is 0 Å². The zero-order valence-electron chi connectivity index (χ0n) is 16.7. The molecule has 146 valence electrons. The fraction of sp³-hybridized carbons (Fsp3) is 0.591. The number of rotatable bonds is 5. The first-order chi connectivity index (χ1) is 12.9. The lowest BCUT2D eigenvalue weighted by Gasteiger charge is -2.41. The standard InChI is InChI=1S/C22H31N3O2/c1-4-23-21(26)22(27,16-6-5-7-16)14-25-19-9-8-15(2)12-18(19)17-10-11-24(3)13-20(17)25/h8-9,12,16,27H,4-7,10-11,13-14H2,1-3H3,(H,23,26). The number of nitrogens with one attached hydrogen (secondary N) is 1. The quantitative estimate of drug-likeness (QED) is 0.852. The summed E-state index contributed by atoms with van der Waals surface area (Å²) in [5.41, 5.74) is 3.70. The average molecular weight is 370 g/mol. The van der Waals surface area contributed by atoms with Crippen LogP contribution in [0.3, 0.4) is 0 Å². The molecule has 5 nitrogen and oxygen atoms in total. The highest BCUT2D eigenvalue weighted by molar-refractivity contribution is 5.88. The minimum Gasteiger partial charge on any atom is -0.378 e. The Labute approximate surface area is 161 Å². The summed E-state index contributed by atoms with van der Waals surface area (Å²) < 4.78 is 2.23. The summed E-state index contributed by atoms with van der Waals surface area (Å²) >= 11 is 0. The van der Waals surface area contributed by atoms with Crippen molar-refractivity contribution in [3.05, 3.63) is 35.0 Å². The van der Waals surface area contributed by atoms with Crippen LogP contribution in [-0.4, -0.2) is 46.2 Å². The van der Waals surface area contributed by atoms with Crippen LogP contribution in [0.2, 0.25) is 0 Å². The van der Waals surface area contributed by atoms with Crippen molar-refractivity contribution in [2.45, 2.75) is 58.2 Å². The van der Waals surface area contributed by atoms with Crippen LogP contribution in [0.25, 0.3) is 10.9 Å². The Hall–Kier alpha value is -1.85. The number of likely N-dealkylation sites (N-methyl/N-ethyl adjacent to an activating group) is 2. The maximum Gasteiger partial charge on any atom is 0.254 e. The summed E-state index contributed by atoms with van der Waals surface area (Å²) in [5.74, 6) is -0.175. The van der Waals surface area contributed by atoms with Crippen molar-refractivity contribution < 1.29 is 9.90 Å². The first-order valence-corrected chi connectivity index (χ1v) is 10.2. The van der Waals surface area contributed by atoms with Gasteiger partial charge in [0.25, 0.3) is 5.91 Å². The van der Waals surface area contributed by atoms with Crippen LogP contribution in [-0.2, 0) is 24.3 Å². The van der Waals surface area contributed by atoms with Gasteiger partial charge in [0.05, 0.1) is 6.54 Å². The average Bonchev–Trinajstić information content (AvgIpc) is 2.86. The molecule has 1 aromatic carbocycles. The monoisotopic (exact) mass is 369 g/mol. The Morgan fingerprint density at radius 1 is 1.37 bits per heavy atom. The summed E-state index contributed by atoms with van der Waals surface area (Å²) in [6, 6.07) is 6.54. The molecule has 5 heteroatoms. The fourth-order valence-corrected chi connectivity index (χ4v) is 4.70. The molecule has 0 bridgehead atoms. The van der Waals surface area contributed by atoms with Crippen molar-refractivity contribution >= 4 is 16.8 Å². The molecule has 0 radical (unpaired) electrons. The van der Waals surface area contributed by atoms with Gasteiger partial charge in [-0.25, -0.2) is 0 Å². The minimum absolute atomic E-state index is 0.0453. The number of carbonyl (C=O) groups is 1. The second kappa shape index (κ2) is 6.95. The third-order valence-corrected chi connectivity index (χ3v) is 6.52. The zero-order chi connectivity index (χ0) is 19.2. The Balaban J connectivity index is 1.82. The number of amides is 1. The van der Waals surface area contributed by atoms with Gasteiger partial charge in [0.15, 0.2) is 5.60 Å². The Kier molecular flexibility index (Phi) is 4.77. The van der Waals surface area contributed by atoms with Gasteiger partial charge in [-0.1, -0.05) is 18.1 Å². The maximum absolute atomic E-state index is 12.9. The topological polar surface area (TPSA) is 57.5 Å². The SMILES string of the molecule is CCNC(=O)C(O)(Cn1c2c(c3cc(C)ccc31)CCN(C)C2)C1CCC1. The van der Waals surface area contributed by atoms with E-state index in [0.29, 0.717) is 13.1 Å². The lowest BCUT2D eigenvalue weighted by molar-refractivity contribution is -0.152. The predicted molar refractivity (Wildman–Crippen MR) is 108 cm³/mol. The second-order valence-electron chi connectivity index (χ2n) is 8.43. The normalized spacial score (nSPS) is 20.1. The molecule has 1 amide bonds. The van der Waals surface area contributed by atoms with E-state index in [9.17, 15) is 9.90 Å². The van der Waals surface area contributed by atoms with Gasteiger partial charge in [-0.15, -0.1) is 0 Å². The van der Waals surface area contributed by atoms with Gasteiger partial charge in [-0.2, -0.15) is 0 Å². The zero-order valence-corrected chi connectivity index (χ0v) is 16.7. The number of hydrogen-bond acceptors (Lipinski definition) is 3. The fourth-order valence-electron chi connectivity index (χ4n) is 4.70. The number of hydrogen-bond donors (Lipinski definition) is 2. The molecule has 4 rings (SSSR count). The molecule has 2 heterocycles. The molecule has 1 fully saturated rings. The third-order valence-electron chi connectivity index (χ3n) is 6.52. The van der Waals surface area contributed by atoms with Gasteiger partial charge >= 0.3 is 0 Å². The molecule has 1 aromatic heterocycles. The van der Waals surface area contributed by atoms with Crippen LogP contribution in [0, 0.1) is 12.8 Å². The molecule has 1 atom stereocenters. The molecule has 27 heavy (non-hydrogen) atoms. The van der Waals surface area contributed by atoms with E-state index in [1.165, 1.54) is 22.2 Å². The largest absolute Gasteiger partial charge is 0.378 e. The molecule has 1 aliphatic heterocycles. The second-order valence-corrected chi connectivity index (χ2v) is 8.43. The molecule has 0 spiro atoms. The molecular weight excluding hydrogens is 338 g/mol. The van der Waals surface area contributed by atoms with Gasteiger partial charge in [-0.05, 0) is 63.8 Å². The highest BCUT2D eigenvalue weighted by Gasteiger charge is 2.47. The maximum atomic E-state index is 12.9. The van der Waals surface area contributed by atoms with Crippen LogP contribution in [0.15, 0.2) is 18.2 Å². The van der Waals surface area contributed by atoms with Crippen LogP contribution in [0.1, 0.15) is 43.0 Å². The van der Waals surface area contributed by atoms with E-state index >= 15 is 0 Å². The van der Waals surface area contributed by atoms with Crippen molar-refractivity contribution in [3.63, 3.8) is 0 Å². The van der Waals surface area contributed by atoms with Gasteiger partial charge in [0.1, 0.15) is 0 Å². The number of benzene rings is 1. The lowest BCUT2D eigenvalue weighted by Crippen LogP contribution is -2.56. The summed E-state index contributed by atoms with van der Waals surface area (Å²) in [5, 5.41) is 15.7. The van der Waals surface area contributed by atoms with Crippen molar-refractivity contribution in [2.24, 2.45) is 5.92 Å². The van der Waals surface area contributed by atoms with Crippen molar-refractivity contribution in [3.8, 4) is 0 Å². The third kappa shape index (κ3) is 3.07. The minimum atomic E-state index is -1.34. The Bertz CT molecular complexity index is 868. The van der Waals surface area contributed by atoms with Gasteiger partial charge in [0.2, 0.25) is 0 Å². The lowest BCUT2D eigenvalue weighted by atomic mass is 9.72. The number of aromatic nitrogens is 1. The molecule has 0 saturated heterocycles. The molecule has 2 aromatic rings. The number of aryl methyl sites for hydroxylation is 1. The molecule has 2 aliphatic rings. The highest BCUT2D eigenvalue weighted by Crippen LogP contribution is 2.40. The van der Waals surface area contributed by atoms with E-state index in [0.717, 1.165) is 44.3 Å². The highest BCUT2D eigenvalue weighted by atomic mass is 16.3.